The molecular weight excluding hydrogens is 436 g/mol. The van der Waals surface area contributed by atoms with Gasteiger partial charge in [-0.25, -0.2) is 4.79 Å². The molecule has 2 aromatic rings. The van der Waals surface area contributed by atoms with Crippen LogP contribution in [0.1, 0.15) is 29.8 Å². The maximum atomic E-state index is 12.5. The number of benzene rings is 2. The van der Waals surface area contributed by atoms with Crippen molar-refractivity contribution in [2.24, 2.45) is 5.92 Å². The summed E-state index contributed by atoms with van der Waals surface area (Å²) in [5, 5.41) is 5.56. The van der Waals surface area contributed by atoms with Crippen molar-refractivity contribution in [3.05, 3.63) is 58.6 Å². The molecule has 2 N–H and O–H groups in total. The summed E-state index contributed by atoms with van der Waals surface area (Å²) in [6, 6.07) is 10.8. The first-order valence-corrected chi connectivity index (χ1v) is 10.3. The van der Waals surface area contributed by atoms with Crippen LogP contribution >= 0.6 is 11.6 Å². The van der Waals surface area contributed by atoms with Gasteiger partial charge in [-0.15, -0.1) is 0 Å². The molecule has 1 atom stereocenters. The molecule has 0 unspecified atom stereocenters. The van der Waals surface area contributed by atoms with Crippen LogP contribution in [0.2, 0.25) is 5.02 Å². The Morgan fingerprint density at radius 3 is 2.31 bits per heavy atom. The Labute approximate surface area is 192 Å². The van der Waals surface area contributed by atoms with Crippen molar-refractivity contribution in [2.75, 3.05) is 20.8 Å². The zero-order chi connectivity index (χ0) is 23.7. The highest BCUT2D eigenvalue weighted by atomic mass is 35.5. The highest BCUT2D eigenvalue weighted by Crippen LogP contribution is 2.27. The first-order chi connectivity index (χ1) is 15.3. The van der Waals surface area contributed by atoms with Gasteiger partial charge in [0.05, 0.1) is 24.8 Å². The number of esters is 1. The van der Waals surface area contributed by atoms with Crippen LogP contribution in [0.3, 0.4) is 0 Å². The van der Waals surface area contributed by atoms with Gasteiger partial charge in [-0.1, -0.05) is 43.6 Å². The quantitative estimate of drug-likeness (QED) is 0.526. The standard InChI is InChI=1S/C23H27ClN2O6/c1-14(2)21(26-22(28)16-7-5-6-8-17(16)24)23(29)32-13-20(27)25-12-15-9-10-18(30-3)19(11-15)31-4/h5-11,14,21H,12-13H2,1-4H3,(H,25,27)(H,26,28)/t21-/m0/s1. The normalized spacial score (nSPS) is 11.4. The summed E-state index contributed by atoms with van der Waals surface area (Å²) in [6.07, 6.45) is 0. The SMILES string of the molecule is COc1ccc(CNC(=O)COC(=O)[C@@H](NC(=O)c2ccccc2Cl)C(C)C)cc1OC. The molecule has 0 saturated carbocycles. The van der Waals surface area contributed by atoms with Gasteiger partial charge < -0.3 is 24.8 Å². The average molecular weight is 463 g/mol. The van der Waals surface area contributed by atoms with Gasteiger partial charge in [0.2, 0.25) is 0 Å². The molecule has 0 aliphatic rings. The van der Waals surface area contributed by atoms with Gasteiger partial charge in [-0.05, 0) is 35.7 Å². The highest BCUT2D eigenvalue weighted by Gasteiger charge is 2.27. The third-order valence-electron chi connectivity index (χ3n) is 4.61. The van der Waals surface area contributed by atoms with Crippen molar-refractivity contribution in [2.45, 2.75) is 26.4 Å². The number of ether oxygens (including phenoxy) is 3. The van der Waals surface area contributed by atoms with Crippen LogP contribution < -0.4 is 20.1 Å². The number of carbonyl (C=O) groups is 3. The lowest BCUT2D eigenvalue weighted by Gasteiger charge is -2.21. The topological polar surface area (TPSA) is 103 Å². The summed E-state index contributed by atoms with van der Waals surface area (Å²) >= 11 is 6.04. The van der Waals surface area contributed by atoms with E-state index < -0.39 is 30.4 Å². The summed E-state index contributed by atoms with van der Waals surface area (Å²) in [4.78, 5) is 37.1. The van der Waals surface area contributed by atoms with Crippen molar-refractivity contribution < 1.29 is 28.6 Å². The minimum atomic E-state index is -0.933. The van der Waals surface area contributed by atoms with Gasteiger partial charge in [0.1, 0.15) is 6.04 Å². The van der Waals surface area contributed by atoms with Crippen molar-refractivity contribution in [3.63, 3.8) is 0 Å². The minimum Gasteiger partial charge on any atom is -0.493 e. The molecule has 32 heavy (non-hydrogen) atoms. The van der Waals surface area contributed by atoms with E-state index in [1.54, 1.807) is 56.3 Å². The number of rotatable bonds is 10. The lowest BCUT2D eigenvalue weighted by Crippen LogP contribution is -2.46. The third kappa shape index (κ3) is 6.88. The fourth-order valence-electron chi connectivity index (χ4n) is 2.83. The summed E-state index contributed by atoms with van der Waals surface area (Å²) in [6.45, 7) is 3.26. The average Bonchev–Trinajstić information content (AvgIpc) is 2.79. The second-order valence-corrected chi connectivity index (χ2v) is 7.66. The van der Waals surface area contributed by atoms with Gasteiger partial charge in [-0.2, -0.15) is 0 Å². The Morgan fingerprint density at radius 1 is 1.00 bits per heavy atom. The largest absolute Gasteiger partial charge is 0.493 e. The molecule has 9 heteroatoms. The van der Waals surface area contributed by atoms with Crippen LogP contribution in [0.25, 0.3) is 0 Å². The van der Waals surface area contributed by atoms with Crippen molar-refractivity contribution in [1.29, 1.82) is 0 Å². The number of methoxy groups -OCH3 is 2. The number of carbonyl (C=O) groups excluding carboxylic acids is 3. The van der Waals surface area contributed by atoms with Gasteiger partial charge in [-0.3, -0.25) is 9.59 Å². The first kappa shape index (κ1) is 25.0. The molecule has 0 aliphatic heterocycles. The van der Waals surface area contributed by atoms with Crippen LogP contribution in [0.15, 0.2) is 42.5 Å². The molecule has 0 aromatic heterocycles. The van der Waals surface area contributed by atoms with E-state index in [-0.39, 0.29) is 23.0 Å². The van der Waals surface area contributed by atoms with Gasteiger partial charge in [0.15, 0.2) is 18.1 Å². The van der Waals surface area contributed by atoms with E-state index in [0.717, 1.165) is 5.56 Å². The maximum absolute atomic E-state index is 12.5. The van der Waals surface area contributed by atoms with E-state index in [2.05, 4.69) is 10.6 Å². The second-order valence-electron chi connectivity index (χ2n) is 7.25. The molecule has 172 valence electrons. The molecule has 2 rings (SSSR count). The molecule has 0 aliphatic carbocycles. The van der Waals surface area contributed by atoms with E-state index in [1.807, 2.05) is 0 Å². The Hall–Kier alpha value is -3.26. The lowest BCUT2D eigenvalue weighted by molar-refractivity contribution is -0.151. The molecule has 0 bridgehead atoms. The number of hydrogen-bond donors (Lipinski definition) is 2. The number of halogens is 1. The third-order valence-corrected chi connectivity index (χ3v) is 4.94. The molecule has 2 amide bonds. The molecule has 0 fully saturated rings. The highest BCUT2D eigenvalue weighted by molar-refractivity contribution is 6.33. The van der Waals surface area contributed by atoms with Gasteiger partial charge >= 0.3 is 5.97 Å². The van der Waals surface area contributed by atoms with E-state index in [0.29, 0.717) is 11.5 Å². The number of amides is 2. The Balaban J connectivity index is 1.89. The lowest BCUT2D eigenvalue weighted by atomic mass is 10.0. The Bertz CT molecular complexity index is 963. The minimum absolute atomic E-state index is 0.216. The Kier molecular flexibility index (Phi) is 9.34. The molecule has 8 nitrogen and oxygen atoms in total. The molecule has 0 heterocycles. The van der Waals surface area contributed by atoms with Gasteiger partial charge in [0, 0.05) is 6.54 Å². The molecular formula is C23H27ClN2O6. The van der Waals surface area contributed by atoms with E-state index in [4.69, 9.17) is 25.8 Å². The zero-order valence-electron chi connectivity index (χ0n) is 18.4. The second kappa shape index (κ2) is 12.0. The number of hydrogen-bond acceptors (Lipinski definition) is 6. The molecule has 0 spiro atoms. The first-order valence-electron chi connectivity index (χ1n) is 9.96. The molecule has 0 radical (unpaired) electrons. The monoisotopic (exact) mass is 462 g/mol. The molecule has 0 saturated heterocycles. The summed E-state index contributed by atoms with van der Waals surface area (Å²) in [5.41, 5.74) is 1.04. The fraction of sp³-hybridized carbons (Fsp3) is 0.348. The van der Waals surface area contributed by atoms with Crippen LogP contribution in [0.5, 0.6) is 11.5 Å². The Morgan fingerprint density at radius 2 is 1.69 bits per heavy atom. The van der Waals surface area contributed by atoms with Crippen LogP contribution in [0.4, 0.5) is 0 Å². The number of nitrogens with one attached hydrogen (secondary N) is 2. The van der Waals surface area contributed by atoms with Crippen molar-refractivity contribution in [3.8, 4) is 11.5 Å². The van der Waals surface area contributed by atoms with Crippen LogP contribution in [-0.4, -0.2) is 44.7 Å². The van der Waals surface area contributed by atoms with Crippen LogP contribution in [-0.2, 0) is 20.9 Å². The van der Waals surface area contributed by atoms with E-state index in [1.165, 1.54) is 14.2 Å². The summed E-state index contributed by atoms with van der Waals surface area (Å²) in [5.74, 6) is -0.822. The van der Waals surface area contributed by atoms with Gasteiger partial charge in [0.25, 0.3) is 11.8 Å². The zero-order valence-corrected chi connectivity index (χ0v) is 19.2. The van der Waals surface area contributed by atoms with Crippen molar-refractivity contribution >= 4 is 29.4 Å². The summed E-state index contributed by atoms with van der Waals surface area (Å²) in [7, 11) is 3.06. The predicted molar refractivity (Wildman–Crippen MR) is 120 cm³/mol. The smallest absolute Gasteiger partial charge is 0.329 e. The van der Waals surface area contributed by atoms with E-state index in [9.17, 15) is 14.4 Å². The predicted octanol–water partition coefficient (Wildman–Crippen LogP) is 2.97. The van der Waals surface area contributed by atoms with Crippen LogP contribution in [0, 0.1) is 5.92 Å². The maximum Gasteiger partial charge on any atom is 0.329 e. The summed E-state index contributed by atoms with van der Waals surface area (Å²) < 4.78 is 15.5. The molecule has 2 aromatic carbocycles. The van der Waals surface area contributed by atoms with E-state index >= 15 is 0 Å². The van der Waals surface area contributed by atoms with Crippen molar-refractivity contribution in [1.82, 2.24) is 10.6 Å². The fourth-order valence-corrected chi connectivity index (χ4v) is 3.05.